The van der Waals surface area contributed by atoms with Gasteiger partial charge >= 0.3 is 5.97 Å². The molecular formula is C17H16O4. The van der Waals surface area contributed by atoms with Crippen LogP contribution in [-0.4, -0.2) is 22.8 Å². The van der Waals surface area contributed by atoms with E-state index in [0.29, 0.717) is 6.61 Å². The minimum absolute atomic E-state index is 0.0131. The molecule has 0 saturated carbocycles. The number of hydrogen-bond acceptors (Lipinski definition) is 3. The second-order valence-electron chi connectivity index (χ2n) is 5.19. The molecule has 0 saturated heterocycles. The van der Waals surface area contributed by atoms with Gasteiger partial charge in [-0.15, -0.1) is 0 Å². The Balaban J connectivity index is 2.04. The van der Waals surface area contributed by atoms with E-state index in [-0.39, 0.29) is 18.1 Å². The molecule has 0 amide bonds. The van der Waals surface area contributed by atoms with Crippen LogP contribution >= 0.6 is 0 Å². The molecule has 0 aliphatic carbocycles. The predicted molar refractivity (Wildman–Crippen MR) is 77.8 cm³/mol. The normalized spacial score (nSPS) is 16.9. The second-order valence-corrected chi connectivity index (χ2v) is 5.19. The molecule has 1 heterocycles. The van der Waals surface area contributed by atoms with E-state index in [4.69, 9.17) is 9.84 Å². The highest BCUT2D eigenvalue weighted by atomic mass is 16.5. The number of carboxylic acids is 1. The number of phenols is 1. The zero-order valence-corrected chi connectivity index (χ0v) is 11.5. The van der Waals surface area contributed by atoms with Crippen LogP contribution in [0.4, 0.5) is 0 Å². The number of aromatic hydroxyl groups is 1. The van der Waals surface area contributed by atoms with Crippen LogP contribution < -0.4 is 4.74 Å². The fourth-order valence-electron chi connectivity index (χ4n) is 2.83. The van der Waals surface area contributed by atoms with Crippen molar-refractivity contribution >= 4 is 5.97 Å². The van der Waals surface area contributed by atoms with Gasteiger partial charge in [-0.2, -0.15) is 0 Å². The standard InChI is InChI=1S/C17H16O4/c18-15-4-2-1-3-13(15)12-7-8-21-16-6-5-11(9-14(12)16)10-17(19)20/h1-6,9,12,18H,7-8,10H2,(H,19,20). The highest BCUT2D eigenvalue weighted by Crippen LogP contribution is 2.41. The molecule has 2 aromatic rings. The molecule has 1 atom stereocenters. The summed E-state index contributed by atoms with van der Waals surface area (Å²) in [7, 11) is 0. The number of phenolic OH excluding ortho intramolecular Hbond substituents is 1. The third kappa shape index (κ3) is 2.70. The molecule has 0 radical (unpaired) electrons. The van der Waals surface area contributed by atoms with Crippen LogP contribution in [0.15, 0.2) is 42.5 Å². The Morgan fingerprint density at radius 1 is 1.19 bits per heavy atom. The molecule has 21 heavy (non-hydrogen) atoms. The van der Waals surface area contributed by atoms with Gasteiger partial charge in [-0.05, 0) is 24.1 Å². The monoisotopic (exact) mass is 284 g/mol. The van der Waals surface area contributed by atoms with E-state index in [1.807, 2.05) is 24.3 Å². The maximum Gasteiger partial charge on any atom is 0.307 e. The SMILES string of the molecule is O=C(O)Cc1ccc2c(c1)C(c1ccccc1O)CCO2. The number of rotatable bonds is 3. The van der Waals surface area contributed by atoms with E-state index < -0.39 is 5.97 Å². The number of para-hydroxylation sites is 1. The van der Waals surface area contributed by atoms with Crippen molar-refractivity contribution in [3.8, 4) is 11.5 Å². The van der Waals surface area contributed by atoms with Gasteiger partial charge in [0, 0.05) is 17.0 Å². The zero-order valence-electron chi connectivity index (χ0n) is 11.5. The Morgan fingerprint density at radius 3 is 2.76 bits per heavy atom. The van der Waals surface area contributed by atoms with Gasteiger partial charge in [0.05, 0.1) is 13.0 Å². The van der Waals surface area contributed by atoms with Crippen molar-refractivity contribution in [2.75, 3.05) is 6.61 Å². The van der Waals surface area contributed by atoms with Gasteiger partial charge in [-0.25, -0.2) is 0 Å². The number of carboxylic acid groups (broad SMARTS) is 1. The summed E-state index contributed by atoms with van der Waals surface area (Å²) in [5, 5.41) is 19.0. The smallest absolute Gasteiger partial charge is 0.307 e. The lowest BCUT2D eigenvalue weighted by Gasteiger charge is -2.27. The number of hydrogen-bond donors (Lipinski definition) is 2. The molecular weight excluding hydrogens is 268 g/mol. The molecule has 0 fully saturated rings. The van der Waals surface area contributed by atoms with Crippen molar-refractivity contribution in [3.05, 3.63) is 59.2 Å². The molecule has 1 aliphatic heterocycles. The van der Waals surface area contributed by atoms with Crippen LogP contribution in [0.1, 0.15) is 29.0 Å². The summed E-state index contributed by atoms with van der Waals surface area (Å²) < 4.78 is 5.65. The van der Waals surface area contributed by atoms with Crippen molar-refractivity contribution in [2.24, 2.45) is 0 Å². The van der Waals surface area contributed by atoms with Crippen molar-refractivity contribution < 1.29 is 19.7 Å². The summed E-state index contributed by atoms with van der Waals surface area (Å²) in [4.78, 5) is 10.9. The fourth-order valence-corrected chi connectivity index (χ4v) is 2.83. The average molecular weight is 284 g/mol. The Morgan fingerprint density at radius 2 is 2.00 bits per heavy atom. The lowest BCUT2D eigenvalue weighted by molar-refractivity contribution is -0.136. The Bertz CT molecular complexity index is 678. The first kappa shape index (κ1) is 13.5. The molecule has 0 spiro atoms. The Hall–Kier alpha value is -2.49. The van der Waals surface area contributed by atoms with E-state index in [9.17, 15) is 9.90 Å². The topological polar surface area (TPSA) is 66.8 Å². The third-order valence-corrected chi connectivity index (χ3v) is 3.78. The van der Waals surface area contributed by atoms with Crippen molar-refractivity contribution in [1.82, 2.24) is 0 Å². The summed E-state index contributed by atoms with van der Waals surface area (Å²) in [5.41, 5.74) is 2.54. The number of benzene rings is 2. The number of aliphatic carboxylic acids is 1. The predicted octanol–water partition coefficient (Wildman–Crippen LogP) is 2.93. The van der Waals surface area contributed by atoms with E-state index in [0.717, 1.165) is 28.9 Å². The van der Waals surface area contributed by atoms with Crippen molar-refractivity contribution in [1.29, 1.82) is 0 Å². The van der Waals surface area contributed by atoms with Crippen LogP contribution in [0.5, 0.6) is 11.5 Å². The summed E-state index contributed by atoms with van der Waals surface area (Å²) in [5.74, 6) is 0.206. The molecule has 3 rings (SSSR count). The van der Waals surface area contributed by atoms with Gasteiger partial charge in [0.1, 0.15) is 11.5 Å². The number of carbonyl (C=O) groups is 1. The lowest BCUT2D eigenvalue weighted by Crippen LogP contribution is -2.16. The summed E-state index contributed by atoms with van der Waals surface area (Å²) in [6.07, 6.45) is 0.752. The maximum atomic E-state index is 10.9. The molecule has 108 valence electrons. The molecule has 4 nitrogen and oxygen atoms in total. The van der Waals surface area contributed by atoms with Gasteiger partial charge in [-0.3, -0.25) is 4.79 Å². The lowest BCUT2D eigenvalue weighted by atomic mass is 9.85. The summed E-state index contributed by atoms with van der Waals surface area (Å²) >= 11 is 0. The van der Waals surface area contributed by atoms with E-state index >= 15 is 0 Å². The minimum atomic E-state index is -0.856. The minimum Gasteiger partial charge on any atom is -0.508 e. The maximum absolute atomic E-state index is 10.9. The van der Waals surface area contributed by atoms with Gasteiger partial charge in [0.25, 0.3) is 0 Å². The zero-order chi connectivity index (χ0) is 14.8. The second kappa shape index (κ2) is 5.48. The van der Waals surface area contributed by atoms with Gasteiger partial charge in [0.2, 0.25) is 0 Å². The first-order valence-corrected chi connectivity index (χ1v) is 6.90. The van der Waals surface area contributed by atoms with Gasteiger partial charge in [-0.1, -0.05) is 30.3 Å². The molecule has 1 aliphatic rings. The average Bonchev–Trinajstić information content (AvgIpc) is 2.47. The van der Waals surface area contributed by atoms with Crippen LogP contribution in [0.25, 0.3) is 0 Å². The van der Waals surface area contributed by atoms with E-state index in [2.05, 4.69) is 0 Å². The third-order valence-electron chi connectivity index (χ3n) is 3.78. The highest BCUT2D eigenvalue weighted by Gasteiger charge is 2.25. The fraction of sp³-hybridized carbons (Fsp3) is 0.235. The van der Waals surface area contributed by atoms with Gasteiger partial charge in [0.15, 0.2) is 0 Å². The van der Waals surface area contributed by atoms with Crippen molar-refractivity contribution in [2.45, 2.75) is 18.8 Å². The van der Waals surface area contributed by atoms with Crippen LogP contribution in [0, 0.1) is 0 Å². The van der Waals surface area contributed by atoms with Crippen molar-refractivity contribution in [3.63, 3.8) is 0 Å². The first-order chi connectivity index (χ1) is 10.1. The quantitative estimate of drug-likeness (QED) is 0.909. The van der Waals surface area contributed by atoms with Crippen LogP contribution in [-0.2, 0) is 11.2 Å². The first-order valence-electron chi connectivity index (χ1n) is 6.90. The van der Waals surface area contributed by atoms with E-state index in [1.165, 1.54) is 0 Å². The number of fused-ring (bicyclic) bond motifs is 1. The van der Waals surface area contributed by atoms with Crippen LogP contribution in [0.2, 0.25) is 0 Å². The molecule has 4 heteroatoms. The number of ether oxygens (including phenoxy) is 1. The van der Waals surface area contributed by atoms with Gasteiger partial charge < -0.3 is 14.9 Å². The largest absolute Gasteiger partial charge is 0.508 e. The molecule has 2 N–H and O–H groups in total. The highest BCUT2D eigenvalue weighted by molar-refractivity contribution is 5.70. The Labute approximate surface area is 122 Å². The van der Waals surface area contributed by atoms with Crippen LogP contribution in [0.3, 0.4) is 0 Å². The molecule has 0 bridgehead atoms. The summed E-state index contributed by atoms with van der Waals surface area (Å²) in [6, 6.07) is 12.7. The van der Waals surface area contributed by atoms with E-state index in [1.54, 1.807) is 18.2 Å². The molecule has 0 aromatic heterocycles. The Kier molecular flexibility index (Phi) is 3.52. The summed E-state index contributed by atoms with van der Waals surface area (Å²) in [6.45, 7) is 0.588. The molecule has 1 unspecified atom stereocenters. The molecule has 2 aromatic carbocycles.